The van der Waals surface area contributed by atoms with E-state index in [0.717, 1.165) is 12.8 Å². The van der Waals surface area contributed by atoms with Gasteiger partial charge in [0, 0.05) is 19.4 Å². The van der Waals surface area contributed by atoms with Gasteiger partial charge in [-0.05, 0) is 19.8 Å². The van der Waals surface area contributed by atoms with Crippen LogP contribution in [0.3, 0.4) is 0 Å². The number of aliphatic carboxylic acids is 1. The number of unbranched alkanes of at least 4 members (excludes halogenated alkanes) is 2. The number of amides is 1. The third-order valence-corrected chi connectivity index (χ3v) is 2.02. The van der Waals surface area contributed by atoms with Gasteiger partial charge < -0.3 is 15.2 Å². The van der Waals surface area contributed by atoms with Crippen LogP contribution >= 0.6 is 0 Å². The molecule has 0 spiro atoms. The summed E-state index contributed by atoms with van der Waals surface area (Å²) in [6.45, 7) is 1.99. The van der Waals surface area contributed by atoms with Crippen LogP contribution in [0, 0.1) is 0 Å². The van der Waals surface area contributed by atoms with Crippen molar-refractivity contribution in [3.05, 3.63) is 0 Å². The topological polar surface area (TPSA) is 92.7 Å². The number of alkyl carbamates (subject to hydrolysis) is 1. The maximum atomic E-state index is 11.0. The normalized spacial score (nSPS) is 9.71. The van der Waals surface area contributed by atoms with E-state index in [1.807, 2.05) is 0 Å². The van der Waals surface area contributed by atoms with Gasteiger partial charge in [-0.3, -0.25) is 9.59 Å². The molecule has 0 aromatic heterocycles. The van der Waals surface area contributed by atoms with Gasteiger partial charge in [0.15, 0.2) is 0 Å². The minimum atomic E-state index is -0.804. The summed E-state index contributed by atoms with van der Waals surface area (Å²) in [6.07, 6.45) is 1.92. The van der Waals surface area contributed by atoms with E-state index < -0.39 is 12.1 Å². The lowest BCUT2D eigenvalue weighted by Gasteiger charge is -2.05. The Kier molecular flexibility index (Phi) is 8.72. The number of Topliss-reactive ketones (excluding diaryl/α,β-unsaturated/α-hetero) is 1. The summed E-state index contributed by atoms with van der Waals surface area (Å²) >= 11 is 0. The van der Waals surface area contributed by atoms with E-state index >= 15 is 0 Å². The maximum absolute atomic E-state index is 11.0. The van der Waals surface area contributed by atoms with Gasteiger partial charge in [0.05, 0.1) is 0 Å². The van der Waals surface area contributed by atoms with Crippen LogP contribution in [0.4, 0.5) is 4.79 Å². The van der Waals surface area contributed by atoms with Gasteiger partial charge in [0.2, 0.25) is 0 Å². The lowest BCUT2D eigenvalue weighted by Crippen LogP contribution is -2.26. The van der Waals surface area contributed by atoms with Crippen LogP contribution in [0.15, 0.2) is 0 Å². The van der Waals surface area contributed by atoms with E-state index in [0.29, 0.717) is 13.0 Å². The average molecular weight is 245 g/mol. The molecule has 0 atom stereocenters. The van der Waals surface area contributed by atoms with Gasteiger partial charge in [0.25, 0.3) is 0 Å². The first-order chi connectivity index (χ1) is 8.02. The predicted octanol–water partition coefficient (Wildman–Crippen LogP) is 1.34. The fourth-order valence-electron chi connectivity index (χ4n) is 1.11. The monoisotopic (exact) mass is 245 g/mol. The molecule has 17 heavy (non-hydrogen) atoms. The molecule has 0 aliphatic heterocycles. The summed E-state index contributed by atoms with van der Waals surface area (Å²) < 4.78 is 4.73. The standard InChI is InChI=1S/C11H19NO5/c1-9(13)6-8-17-11(16)12-7-4-2-3-5-10(14)15/h2-8H2,1H3,(H,12,16)(H,14,15). The van der Waals surface area contributed by atoms with E-state index in [2.05, 4.69) is 5.32 Å². The number of carboxylic acids is 1. The number of nitrogens with one attached hydrogen (secondary N) is 1. The van der Waals surface area contributed by atoms with Gasteiger partial charge in [-0.25, -0.2) is 4.79 Å². The number of ether oxygens (including phenoxy) is 1. The minimum Gasteiger partial charge on any atom is -0.481 e. The number of carboxylic acid groups (broad SMARTS) is 1. The highest BCUT2D eigenvalue weighted by molar-refractivity contribution is 5.76. The van der Waals surface area contributed by atoms with Crippen molar-refractivity contribution in [3.8, 4) is 0 Å². The second-order valence-electron chi connectivity index (χ2n) is 3.72. The molecule has 0 aliphatic rings. The average Bonchev–Trinajstić information content (AvgIpc) is 2.22. The molecule has 6 nitrogen and oxygen atoms in total. The quantitative estimate of drug-likeness (QED) is 0.598. The second kappa shape index (κ2) is 9.62. The van der Waals surface area contributed by atoms with Crippen molar-refractivity contribution in [2.45, 2.75) is 39.0 Å². The number of rotatable bonds is 9. The predicted molar refractivity (Wildman–Crippen MR) is 60.8 cm³/mol. The fourth-order valence-corrected chi connectivity index (χ4v) is 1.11. The molecular formula is C11H19NO5. The summed E-state index contributed by atoms with van der Waals surface area (Å²) in [5.41, 5.74) is 0. The molecule has 0 radical (unpaired) electrons. The Morgan fingerprint density at radius 2 is 1.82 bits per heavy atom. The number of hydrogen-bond donors (Lipinski definition) is 2. The van der Waals surface area contributed by atoms with Crippen molar-refractivity contribution in [1.29, 1.82) is 0 Å². The minimum absolute atomic E-state index is 0.0218. The van der Waals surface area contributed by atoms with Gasteiger partial charge in [-0.2, -0.15) is 0 Å². The van der Waals surface area contributed by atoms with Crippen LogP contribution in [0.2, 0.25) is 0 Å². The molecule has 0 bridgehead atoms. The van der Waals surface area contributed by atoms with Crippen LogP contribution in [-0.2, 0) is 14.3 Å². The lowest BCUT2D eigenvalue weighted by molar-refractivity contribution is -0.137. The molecule has 0 aromatic carbocycles. The molecule has 0 saturated carbocycles. The van der Waals surface area contributed by atoms with Crippen molar-refractivity contribution in [3.63, 3.8) is 0 Å². The maximum Gasteiger partial charge on any atom is 0.407 e. The zero-order valence-electron chi connectivity index (χ0n) is 10.0. The highest BCUT2D eigenvalue weighted by Crippen LogP contribution is 1.98. The van der Waals surface area contributed by atoms with E-state index in [1.165, 1.54) is 6.92 Å². The molecule has 0 heterocycles. The summed E-state index contributed by atoms with van der Waals surface area (Å²) in [4.78, 5) is 31.8. The molecule has 6 heteroatoms. The SMILES string of the molecule is CC(=O)CCOC(=O)NCCCCCC(=O)O. The largest absolute Gasteiger partial charge is 0.481 e. The Morgan fingerprint density at radius 1 is 1.12 bits per heavy atom. The fraction of sp³-hybridized carbons (Fsp3) is 0.727. The number of hydrogen-bond acceptors (Lipinski definition) is 4. The molecule has 2 N–H and O–H groups in total. The highest BCUT2D eigenvalue weighted by Gasteiger charge is 2.02. The zero-order valence-corrected chi connectivity index (χ0v) is 10.0. The smallest absolute Gasteiger partial charge is 0.407 e. The van der Waals surface area contributed by atoms with Gasteiger partial charge in [-0.15, -0.1) is 0 Å². The zero-order chi connectivity index (χ0) is 13.1. The highest BCUT2D eigenvalue weighted by atomic mass is 16.5. The van der Waals surface area contributed by atoms with Crippen molar-refractivity contribution in [2.24, 2.45) is 0 Å². The molecule has 0 unspecified atom stereocenters. The van der Waals surface area contributed by atoms with Gasteiger partial charge >= 0.3 is 12.1 Å². The first-order valence-electron chi connectivity index (χ1n) is 5.64. The molecule has 0 saturated heterocycles. The van der Waals surface area contributed by atoms with Gasteiger partial charge in [0.1, 0.15) is 12.4 Å². The van der Waals surface area contributed by atoms with Crippen LogP contribution < -0.4 is 5.32 Å². The van der Waals surface area contributed by atoms with Crippen LogP contribution in [0.1, 0.15) is 39.0 Å². The number of carbonyl (C=O) groups is 3. The molecule has 0 aliphatic carbocycles. The molecule has 0 fully saturated rings. The van der Waals surface area contributed by atoms with Crippen molar-refractivity contribution >= 4 is 17.8 Å². The molecule has 0 rings (SSSR count). The third kappa shape index (κ3) is 12.3. The second-order valence-corrected chi connectivity index (χ2v) is 3.72. The summed E-state index contributed by atoms with van der Waals surface area (Å²) in [6, 6.07) is 0. The van der Waals surface area contributed by atoms with E-state index in [1.54, 1.807) is 0 Å². The lowest BCUT2D eigenvalue weighted by atomic mass is 10.2. The first kappa shape index (κ1) is 15.4. The summed E-state index contributed by atoms with van der Waals surface area (Å²) in [5, 5.41) is 10.9. The Morgan fingerprint density at radius 3 is 2.41 bits per heavy atom. The Hall–Kier alpha value is -1.59. The molecule has 1 amide bonds. The molecule has 98 valence electrons. The van der Waals surface area contributed by atoms with Crippen LogP contribution in [0.5, 0.6) is 0 Å². The summed E-state index contributed by atoms with van der Waals surface area (Å²) in [7, 11) is 0. The Labute approximate surface area is 100 Å². The van der Waals surface area contributed by atoms with E-state index in [4.69, 9.17) is 9.84 Å². The summed E-state index contributed by atoms with van der Waals surface area (Å²) in [5.74, 6) is -0.826. The van der Waals surface area contributed by atoms with Crippen LogP contribution in [-0.4, -0.2) is 36.1 Å². The van der Waals surface area contributed by atoms with Crippen LogP contribution in [0.25, 0.3) is 0 Å². The Balaban J connectivity index is 3.27. The van der Waals surface area contributed by atoms with E-state index in [-0.39, 0.29) is 25.2 Å². The van der Waals surface area contributed by atoms with Crippen molar-refractivity contribution in [1.82, 2.24) is 5.32 Å². The molecule has 0 aromatic rings. The molecular weight excluding hydrogens is 226 g/mol. The van der Waals surface area contributed by atoms with Crippen molar-refractivity contribution in [2.75, 3.05) is 13.2 Å². The van der Waals surface area contributed by atoms with Gasteiger partial charge in [-0.1, -0.05) is 6.42 Å². The Bertz CT molecular complexity index is 265. The number of carbonyl (C=O) groups excluding carboxylic acids is 2. The first-order valence-corrected chi connectivity index (χ1v) is 5.64. The third-order valence-electron chi connectivity index (χ3n) is 2.02. The number of ketones is 1. The van der Waals surface area contributed by atoms with Crippen molar-refractivity contribution < 1.29 is 24.2 Å². The van der Waals surface area contributed by atoms with E-state index in [9.17, 15) is 14.4 Å².